The normalized spacial score (nSPS) is 17.4. The fraction of sp³-hybridized carbons (Fsp3) is 0.261. The molecule has 2 aromatic heterocycles. The minimum atomic E-state index is -4.65. The van der Waals surface area contributed by atoms with E-state index in [0.29, 0.717) is 22.2 Å². The Hall–Kier alpha value is -3.73. The van der Waals surface area contributed by atoms with Gasteiger partial charge in [-0.25, -0.2) is 22.2 Å². The van der Waals surface area contributed by atoms with Crippen LogP contribution in [0, 0.1) is 12.8 Å². The largest absolute Gasteiger partial charge is 0.464 e. The quantitative estimate of drug-likeness (QED) is 0.436. The van der Waals surface area contributed by atoms with Gasteiger partial charge < -0.3 is 14.8 Å². The van der Waals surface area contributed by atoms with E-state index >= 15 is 4.39 Å². The number of benzene rings is 2. The van der Waals surface area contributed by atoms with E-state index in [-0.39, 0.29) is 23.6 Å². The van der Waals surface area contributed by atoms with Crippen molar-refractivity contribution in [1.29, 1.82) is 0 Å². The number of nitrogens with one attached hydrogen (secondary N) is 1. The van der Waals surface area contributed by atoms with Crippen LogP contribution in [0.25, 0.3) is 10.9 Å². The van der Waals surface area contributed by atoms with E-state index in [0.717, 1.165) is 10.3 Å². The lowest BCUT2D eigenvalue weighted by molar-refractivity contribution is 0.137. The number of aryl methyl sites for hydroxylation is 1. The van der Waals surface area contributed by atoms with Gasteiger partial charge >= 0.3 is 6.09 Å². The van der Waals surface area contributed by atoms with Gasteiger partial charge in [0.15, 0.2) is 0 Å². The monoisotopic (exact) mass is 484 g/mol. The Morgan fingerprint density at radius 3 is 2.56 bits per heavy atom. The molecule has 0 radical (unpaired) electrons. The van der Waals surface area contributed by atoms with Crippen molar-refractivity contribution >= 4 is 32.5 Å². The molecule has 2 heterocycles. The van der Waals surface area contributed by atoms with Gasteiger partial charge in [-0.15, -0.1) is 10.2 Å². The molecule has 0 bridgehead atoms. The van der Waals surface area contributed by atoms with Crippen LogP contribution in [0.1, 0.15) is 23.0 Å². The van der Waals surface area contributed by atoms with E-state index in [1.165, 1.54) is 31.2 Å². The minimum Gasteiger partial charge on any atom is -0.464 e. The van der Waals surface area contributed by atoms with Crippen molar-refractivity contribution in [3.05, 3.63) is 71.6 Å². The lowest BCUT2D eigenvalue weighted by Gasteiger charge is -2.28. The zero-order valence-corrected chi connectivity index (χ0v) is 19.1. The summed E-state index contributed by atoms with van der Waals surface area (Å²) in [5, 5.41) is 17.9. The number of rotatable bonds is 5. The van der Waals surface area contributed by atoms with Gasteiger partial charge in [0.25, 0.3) is 10.9 Å². The van der Waals surface area contributed by atoms with E-state index in [4.69, 9.17) is 4.42 Å². The number of hydrogen-bond donors (Lipinski definition) is 2. The number of carbonyl (C=O) groups is 1. The third kappa shape index (κ3) is 3.03. The predicted octanol–water partition coefficient (Wildman–Crippen LogP) is 3.91. The molecule has 1 aliphatic rings. The second kappa shape index (κ2) is 7.66. The number of carboxylic acid groups (broad SMARTS) is 1. The molecule has 0 saturated carbocycles. The standard InChI is InChI=1S/C23H21FN4O5S/c1-13-26-27-21(33-13)23(24,34(31,32)16-6-4-3-5-7-16)14-10-17-18-12-15(25-2)8-9-19(18)28(22(29)30)20(17)11-14/h3-9,12,14,25H,10-11H2,1-2H3,(H,29,30). The van der Waals surface area contributed by atoms with E-state index in [9.17, 15) is 18.3 Å². The van der Waals surface area contributed by atoms with Crippen molar-refractivity contribution < 1.29 is 27.1 Å². The zero-order valence-electron chi connectivity index (χ0n) is 18.3. The summed E-state index contributed by atoms with van der Waals surface area (Å²) in [5.41, 5.74) is 2.14. The molecule has 4 aromatic rings. The fourth-order valence-corrected chi connectivity index (χ4v) is 6.53. The Bertz CT molecular complexity index is 1530. The number of sulfone groups is 1. The molecule has 2 atom stereocenters. The van der Waals surface area contributed by atoms with Gasteiger partial charge in [0.2, 0.25) is 15.7 Å². The van der Waals surface area contributed by atoms with Gasteiger partial charge in [0.05, 0.1) is 10.4 Å². The molecule has 176 valence electrons. The number of halogens is 1. The molecule has 2 aromatic carbocycles. The highest BCUT2D eigenvalue weighted by Gasteiger charge is 2.59. The Morgan fingerprint density at radius 1 is 1.21 bits per heavy atom. The van der Waals surface area contributed by atoms with Crippen LogP contribution < -0.4 is 5.32 Å². The number of fused-ring (bicyclic) bond motifs is 3. The van der Waals surface area contributed by atoms with Crippen molar-refractivity contribution in [2.45, 2.75) is 29.7 Å². The molecular weight excluding hydrogens is 463 g/mol. The Labute approximate surface area is 194 Å². The summed E-state index contributed by atoms with van der Waals surface area (Å²) in [6.45, 7) is 1.45. The summed E-state index contributed by atoms with van der Waals surface area (Å²) in [7, 11) is -2.92. The summed E-state index contributed by atoms with van der Waals surface area (Å²) in [5.74, 6) is -1.82. The van der Waals surface area contributed by atoms with Crippen LogP contribution in [0.15, 0.2) is 57.8 Å². The Kier molecular flexibility index (Phi) is 4.97. The number of anilines is 1. The van der Waals surface area contributed by atoms with Crippen LogP contribution in [0.3, 0.4) is 0 Å². The average molecular weight is 485 g/mol. The van der Waals surface area contributed by atoms with E-state index in [1.54, 1.807) is 31.3 Å². The molecular formula is C23H21FN4O5S. The van der Waals surface area contributed by atoms with Gasteiger partial charge in [0, 0.05) is 36.7 Å². The predicted molar refractivity (Wildman–Crippen MR) is 121 cm³/mol. The fourth-order valence-electron chi connectivity index (χ4n) is 4.75. The van der Waals surface area contributed by atoms with Crippen molar-refractivity contribution in [2.75, 3.05) is 12.4 Å². The van der Waals surface area contributed by atoms with Gasteiger partial charge in [-0.1, -0.05) is 18.2 Å². The summed E-state index contributed by atoms with van der Waals surface area (Å²) >= 11 is 0. The van der Waals surface area contributed by atoms with Crippen LogP contribution in [0.4, 0.5) is 14.9 Å². The second-order valence-electron chi connectivity index (χ2n) is 8.22. The van der Waals surface area contributed by atoms with Gasteiger partial charge in [-0.2, -0.15) is 0 Å². The van der Waals surface area contributed by atoms with Crippen LogP contribution >= 0.6 is 0 Å². The average Bonchev–Trinajstić information content (AvgIpc) is 3.52. The molecule has 0 saturated heterocycles. The highest BCUT2D eigenvalue weighted by atomic mass is 32.2. The molecule has 0 amide bonds. The van der Waals surface area contributed by atoms with Crippen LogP contribution in [0.5, 0.6) is 0 Å². The lowest BCUT2D eigenvalue weighted by Crippen LogP contribution is -2.40. The maximum atomic E-state index is 17.1. The van der Waals surface area contributed by atoms with E-state index in [1.807, 2.05) is 0 Å². The molecule has 1 aliphatic carbocycles. The van der Waals surface area contributed by atoms with E-state index in [2.05, 4.69) is 15.5 Å². The van der Waals surface area contributed by atoms with Crippen molar-refractivity contribution in [3.8, 4) is 0 Å². The maximum Gasteiger partial charge on any atom is 0.416 e. The molecule has 34 heavy (non-hydrogen) atoms. The molecule has 2 unspecified atom stereocenters. The number of alkyl halides is 1. The first kappa shape index (κ1) is 22.1. The second-order valence-corrected chi connectivity index (χ2v) is 10.3. The SMILES string of the molecule is CNc1ccc2c(c1)c1c(n2C(=O)O)CC(C(F)(c2nnc(C)o2)S(=O)(=O)c2ccccc2)C1. The summed E-state index contributed by atoms with van der Waals surface area (Å²) < 4.78 is 50.8. The smallest absolute Gasteiger partial charge is 0.416 e. The Balaban J connectivity index is 1.70. The zero-order chi connectivity index (χ0) is 24.3. The first-order valence-electron chi connectivity index (χ1n) is 10.5. The summed E-state index contributed by atoms with van der Waals surface area (Å²) in [6.07, 6.45) is -1.40. The minimum absolute atomic E-state index is 0.0231. The number of hydrogen-bond acceptors (Lipinski definition) is 7. The molecule has 2 N–H and O–H groups in total. The van der Waals surface area contributed by atoms with Crippen molar-refractivity contribution in [3.63, 3.8) is 0 Å². The molecule has 0 aliphatic heterocycles. The molecule has 11 heteroatoms. The van der Waals surface area contributed by atoms with Crippen molar-refractivity contribution in [1.82, 2.24) is 14.8 Å². The molecule has 5 rings (SSSR count). The lowest BCUT2D eigenvalue weighted by atomic mass is 9.98. The summed E-state index contributed by atoms with van der Waals surface area (Å²) in [6, 6.07) is 12.4. The van der Waals surface area contributed by atoms with Crippen LogP contribution in [-0.2, 0) is 27.7 Å². The van der Waals surface area contributed by atoms with Crippen LogP contribution in [-0.4, -0.2) is 41.4 Å². The third-order valence-electron chi connectivity index (χ3n) is 6.34. The summed E-state index contributed by atoms with van der Waals surface area (Å²) in [4.78, 5) is 11.9. The maximum absolute atomic E-state index is 17.1. The number of nitrogens with zero attached hydrogens (tertiary/aromatic N) is 3. The van der Waals surface area contributed by atoms with Crippen LogP contribution in [0.2, 0.25) is 0 Å². The van der Waals surface area contributed by atoms with Gasteiger partial charge in [-0.3, -0.25) is 0 Å². The van der Waals surface area contributed by atoms with E-state index < -0.39 is 32.7 Å². The molecule has 9 nitrogen and oxygen atoms in total. The third-order valence-corrected chi connectivity index (χ3v) is 8.52. The molecule has 0 fully saturated rings. The Morgan fingerprint density at radius 2 is 1.94 bits per heavy atom. The van der Waals surface area contributed by atoms with Gasteiger partial charge in [-0.05, 0) is 48.7 Å². The first-order valence-corrected chi connectivity index (χ1v) is 12.0. The highest BCUT2D eigenvalue weighted by Crippen LogP contribution is 2.50. The highest BCUT2D eigenvalue weighted by molar-refractivity contribution is 7.92. The van der Waals surface area contributed by atoms with Gasteiger partial charge in [0.1, 0.15) is 0 Å². The van der Waals surface area contributed by atoms with Crippen molar-refractivity contribution in [2.24, 2.45) is 5.92 Å². The topological polar surface area (TPSA) is 127 Å². The first-order chi connectivity index (χ1) is 16.2. The molecule has 0 spiro atoms. The number of aromatic nitrogens is 3.